The maximum Gasteiger partial charge on any atom is 0.231 e. The molecular weight excluding hydrogens is 446 g/mol. The Balaban J connectivity index is 1.27. The van der Waals surface area contributed by atoms with Crippen LogP contribution in [-0.2, 0) is 9.53 Å². The first-order chi connectivity index (χ1) is 17.0. The molecule has 188 valence electrons. The molecule has 9 nitrogen and oxygen atoms in total. The Bertz CT molecular complexity index is 1020. The van der Waals surface area contributed by atoms with E-state index in [1.54, 1.807) is 12.1 Å². The average molecular weight is 482 g/mol. The lowest BCUT2D eigenvalue weighted by molar-refractivity contribution is -0.133. The Labute approximate surface area is 206 Å². The monoisotopic (exact) mass is 481 g/mol. The van der Waals surface area contributed by atoms with Crippen molar-refractivity contribution in [1.29, 1.82) is 0 Å². The third-order valence-electron chi connectivity index (χ3n) is 7.60. The Morgan fingerprint density at radius 1 is 1.14 bits per heavy atom. The van der Waals surface area contributed by atoms with Gasteiger partial charge in [-0.15, -0.1) is 0 Å². The summed E-state index contributed by atoms with van der Waals surface area (Å²) in [5.41, 5.74) is 2.70. The van der Waals surface area contributed by atoms with Gasteiger partial charge in [0.1, 0.15) is 17.9 Å². The molecule has 0 radical (unpaired) electrons. The maximum atomic E-state index is 13.7. The van der Waals surface area contributed by atoms with Gasteiger partial charge in [0.15, 0.2) is 0 Å². The van der Waals surface area contributed by atoms with Crippen LogP contribution in [0.2, 0.25) is 0 Å². The molecule has 1 aliphatic carbocycles. The third kappa shape index (κ3) is 5.12. The van der Waals surface area contributed by atoms with Crippen molar-refractivity contribution in [3.8, 4) is 5.75 Å². The number of carbonyl (C=O) groups excluding carboxylic acids is 1. The van der Waals surface area contributed by atoms with E-state index >= 15 is 0 Å². The molecule has 1 amide bonds. The number of phenolic OH excluding ortho intramolecular Hbond substituents is 1. The minimum Gasteiger partial charge on any atom is -0.508 e. The number of anilines is 1. The third-order valence-corrected chi connectivity index (χ3v) is 7.60. The van der Waals surface area contributed by atoms with Gasteiger partial charge in [-0.3, -0.25) is 4.79 Å². The zero-order chi connectivity index (χ0) is 24.4. The molecule has 1 aromatic carbocycles. The number of rotatable bonds is 6. The lowest BCUT2D eigenvalue weighted by Crippen LogP contribution is -2.51. The molecule has 2 fully saturated rings. The summed E-state index contributed by atoms with van der Waals surface area (Å²) in [4.78, 5) is 26.7. The van der Waals surface area contributed by atoms with E-state index in [-0.39, 0.29) is 23.5 Å². The Morgan fingerprint density at radius 3 is 2.57 bits per heavy atom. The summed E-state index contributed by atoms with van der Waals surface area (Å²) in [5, 5.41) is 23.7. The summed E-state index contributed by atoms with van der Waals surface area (Å²) in [6.45, 7) is 6.76. The molecule has 9 heteroatoms. The van der Waals surface area contributed by atoms with Crippen molar-refractivity contribution in [2.24, 2.45) is 0 Å². The second-order valence-electron chi connectivity index (χ2n) is 9.90. The van der Waals surface area contributed by atoms with Gasteiger partial charge in [0.2, 0.25) is 5.91 Å². The van der Waals surface area contributed by atoms with Crippen molar-refractivity contribution in [1.82, 2.24) is 20.2 Å². The summed E-state index contributed by atoms with van der Waals surface area (Å²) in [6.07, 6.45) is 3.58. The molecule has 1 aromatic heterocycles. The lowest BCUT2D eigenvalue weighted by Gasteiger charge is -2.38. The second kappa shape index (κ2) is 10.5. The van der Waals surface area contributed by atoms with Crippen LogP contribution in [0.3, 0.4) is 0 Å². The number of aliphatic hydroxyl groups is 1. The maximum absolute atomic E-state index is 13.7. The van der Waals surface area contributed by atoms with Gasteiger partial charge in [-0.25, -0.2) is 9.97 Å². The molecule has 3 aliphatic rings. The fraction of sp³-hybridized carbons (Fsp3) is 0.577. The summed E-state index contributed by atoms with van der Waals surface area (Å²) < 4.78 is 5.46. The number of aliphatic hydroxyl groups excluding tert-OH is 1. The summed E-state index contributed by atoms with van der Waals surface area (Å²) in [5.74, 6) is 1.09. The number of hydrogen-bond acceptors (Lipinski definition) is 8. The van der Waals surface area contributed by atoms with Crippen LogP contribution in [0, 0.1) is 0 Å². The predicted molar refractivity (Wildman–Crippen MR) is 132 cm³/mol. The first-order valence-corrected chi connectivity index (χ1v) is 12.7. The highest BCUT2D eigenvalue weighted by atomic mass is 16.5. The first kappa shape index (κ1) is 24.0. The minimum atomic E-state index is -0.529. The topological polar surface area (TPSA) is 111 Å². The molecule has 0 spiro atoms. The van der Waals surface area contributed by atoms with Crippen molar-refractivity contribution in [2.45, 2.75) is 50.2 Å². The van der Waals surface area contributed by atoms with Crippen molar-refractivity contribution in [3.05, 3.63) is 47.4 Å². The number of piperazine rings is 1. The number of nitrogens with zero attached hydrogens (tertiary/aromatic N) is 4. The fourth-order valence-corrected chi connectivity index (χ4v) is 5.55. The van der Waals surface area contributed by atoms with Gasteiger partial charge in [0.25, 0.3) is 0 Å². The largest absolute Gasteiger partial charge is 0.508 e. The zero-order valence-corrected chi connectivity index (χ0v) is 20.3. The number of amides is 1. The summed E-state index contributed by atoms with van der Waals surface area (Å²) in [6, 6.07) is 7.33. The molecule has 2 aliphatic heterocycles. The normalized spacial score (nSPS) is 23.8. The van der Waals surface area contributed by atoms with Gasteiger partial charge < -0.3 is 30.1 Å². The van der Waals surface area contributed by atoms with Crippen LogP contribution < -0.4 is 10.2 Å². The van der Waals surface area contributed by atoms with E-state index in [0.717, 1.165) is 48.7 Å². The van der Waals surface area contributed by atoms with Crippen LogP contribution in [0.4, 0.5) is 5.82 Å². The van der Waals surface area contributed by atoms with Crippen LogP contribution in [0.1, 0.15) is 60.9 Å². The Hall–Kier alpha value is -2.75. The van der Waals surface area contributed by atoms with E-state index in [9.17, 15) is 15.0 Å². The Morgan fingerprint density at radius 2 is 1.86 bits per heavy atom. The van der Waals surface area contributed by atoms with Crippen molar-refractivity contribution in [3.63, 3.8) is 0 Å². The first-order valence-electron chi connectivity index (χ1n) is 12.7. The molecule has 3 atom stereocenters. The number of benzene rings is 1. The number of carbonyl (C=O) groups is 1. The van der Waals surface area contributed by atoms with E-state index in [2.05, 4.69) is 27.1 Å². The van der Waals surface area contributed by atoms with E-state index in [1.807, 2.05) is 17.0 Å². The SMILES string of the molecule is C[C@@H]1C[C@@H](O)c2ncnc(N3CCN(C(=O)[C@H](CNC4CCOCC4)c4ccc(O)cc4)CC3)c21. The number of hydrogen-bond donors (Lipinski definition) is 3. The van der Waals surface area contributed by atoms with Gasteiger partial charge in [0.05, 0.1) is 17.7 Å². The van der Waals surface area contributed by atoms with Crippen LogP contribution >= 0.6 is 0 Å². The lowest BCUT2D eigenvalue weighted by atomic mass is 9.96. The fourth-order valence-electron chi connectivity index (χ4n) is 5.55. The number of aromatic hydroxyl groups is 1. The van der Waals surface area contributed by atoms with Gasteiger partial charge in [0, 0.05) is 57.5 Å². The molecule has 3 N–H and O–H groups in total. The predicted octanol–water partition coefficient (Wildman–Crippen LogP) is 1.92. The molecule has 0 bridgehead atoms. The minimum absolute atomic E-state index is 0.103. The van der Waals surface area contributed by atoms with Gasteiger partial charge >= 0.3 is 0 Å². The molecule has 5 rings (SSSR count). The average Bonchev–Trinajstić information content (AvgIpc) is 3.19. The van der Waals surface area contributed by atoms with Crippen LogP contribution in [0.15, 0.2) is 30.6 Å². The number of ether oxygens (including phenoxy) is 1. The molecule has 3 heterocycles. The van der Waals surface area contributed by atoms with E-state index < -0.39 is 6.10 Å². The quantitative estimate of drug-likeness (QED) is 0.574. The van der Waals surface area contributed by atoms with Crippen molar-refractivity contribution >= 4 is 11.7 Å². The number of nitrogens with one attached hydrogen (secondary N) is 1. The van der Waals surface area contributed by atoms with Gasteiger partial charge in [-0.1, -0.05) is 19.1 Å². The number of fused-ring (bicyclic) bond motifs is 1. The highest BCUT2D eigenvalue weighted by Gasteiger charge is 2.35. The second-order valence-corrected chi connectivity index (χ2v) is 9.90. The number of aromatic nitrogens is 2. The molecule has 0 saturated carbocycles. The standard InChI is InChI=1S/C26H35N5O4/c1-17-14-22(33)24-23(17)25(29-16-28-24)30-8-10-31(11-9-30)26(34)21(18-2-4-20(32)5-3-18)15-27-19-6-12-35-13-7-19/h2-5,16-17,19,21-22,27,32-33H,6-15H2,1H3/t17-,21-,22-/m1/s1. The molecular formula is C26H35N5O4. The molecule has 35 heavy (non-hydrogen) atoms. The van der Waals surface area contributed by atoms with Crippen LogP contribution in [-0.4, -0.2) is 83.0 Å². The van der Waals surface area contributed by atoms with Crippen LogP contribution in [0.25, 0.3) is 0 Å². The zero-order valence-electron chi connectivity index (χ0n) is 20.3. The molecule has 2 aromatic rings. The van der Waals surface area contributed by atoms with E-state index in [1.165, 1.54) is 6.33 Å². The van der Waals surface area contributed by atoms with E-state index in [0.29, 0.717) is 45.2 Å². The van der Waals surface area contributed by atoms with Crippen molar-refractivity contribution < 1.29 is 19.7 Å². The van der Waals surface area contributed by atoms with Crippen LogP contribution in [0.5, 0.6) is 5.75 Å². The highest BCUT2D eigenvalue weighted by molar-refractivity contribution is 5.84. The number of phenols is 1. The van der Waals surface area contributed by atoms with Gasteiger partial charge in [-0.05, 0) is 42.9 Å². The Kier molecular flexibility index (Phi) is 7.17. The summed E-state index contributed by atoms with van der Waals surface area (Å²) in [7, 11) is 0. The summed E-state index contributed by atoms with van der Waals surface area (Å²) >= 11 is 0. The van der Waals surface area contributed by atoms with Gasteiger partial charge in [-0.2, -0.15) is 0 Å². The van der Waals surface area contributed by atoms with E-state index in [4.69, 9.17) is 4.74 Å². The molecule has 0 unspecified atom stereocenters. The smallest absolute Gasteiger partial charge is 0.231 e. The molecule has 2 saturated heterocycles. The van der Waals surface area contributed by atoms with Crippen molar-refractivity contribution in [2.75, 3.05) is 50.8 Å². The highest BCUT2D eigenvalue weighted by Crippen LogP contribution is 2.42.